The fourth-order valence-corrected chi connectivity index (χ4v) is 4.64. The predicted molar refractivity (Wildman–Crippen MR) is 92.8 cm³/mol. The minimum atomic E-state index is -3.85. The zero-order valence-electron chi connectivity index (χ0n) is 13.5. The highest BCUT2D eigenvalue weighted by Gasteiger charge is 2.26. The van der Waals surface area contributed by atoms with Gasteiger partial charge >= 0.3 is 5.82 Å². The Hall–Kier alpha value is -3.26. The Labute approximate surface area is 155 Å². The summed E-state index contributed by atoms with van der Waals surface area (Å²) >= 11 is 0.735. The summed E-state index contributed by atoms with van der Waals surface area (Å²) in [6.07, 6.45) is 1.04. The van der Waals surface area contributed by atoms with Gasteiger partial charge in [0, 0.05) is 12.1 Å². The van der Waals surface area contributed by atoms with Crippen molar-refractivity contribution in [2.24, 2.45) is 7.05 Å². The number of hydrogen-bond donors (Lipinski definition) is 0. The van der Waals surface area contributed by atoms with Gasteiger partial charge in [-0.15, -0.1) is 10.2 Å². The van der Waals surface area contributed by atoms with E-state index in [4.69, 9.17) is 0 Å². The van der Waals surface area contributed by atoms with Crippen molar-refractivity contribution < 1.29 is 18.3 Å². The van der Waals surface area contributed by atoms with Gasteiger partial charge in [-0.2, -0.15) is 0 Å². The molecule has 0 aliphatic rings. The molecule has 0 atom stereocenters. The number of non-ortho nitro benzene ring substituents is 1. The van der Waals surface area contributed by atoms with Crippen LogP contribution >= 0.6 is 11.3 Å². The van der Waals surface area contributed by atoms with Crippen molar-refractivity contribution in [2.75, 3.05) is 0 Å². The number of sulfone groups is 1. The maximum atomic E-state index is 12.5. The molecule has 27 heavy (non-hydrogen) atoms. The van der Waals surface area contributed by atoms with Gasteiger partial charge in [0.25, 0.3) is 11.5 Å². The molecule has 0 N–H and O–H groups in total. The van der Waals surface area contributed by atoms with Gasteiger partial charge in [-0.25, -0.2) is 18.0 Å². The summed E-state index contributed by atoms with van der Waals surface area (Å²) < 4.78 is 25.9. The number of nitro benzene ring substituents is 1. The van der Waals surface area contributed by atoms with Crippen molar-refractivity contribution in [3.05, 3.63) is 56.3 Å². The first-order valence-electron chi connectivity index (χ1n) is 7.15. The molecule has 2 heterocycles. The van der Waals surface area contributed by atoms with Gasteiger partial charge in [0.15, 0.2) is 0 Å². The van der Waals surface area contributed by atoms with E-state index >= 15 is 0 Å². The van der Waals surface area contributed by atoms with Gasteiger partial charge in [-0.3, -0.25) is 10.1 Å². The summed E-state index contributed by atoms with van der Waals surface area (Å²) in [6.45, 7) is 0. The van der Waals surface area contributed by atoms with Crippen LogP contribution < -0.4 is 0 Å². The third-order valence-corrected chi connectivity index (χ3v) is 6.57. The number of aromatic nitrogens is 4. The number of benzene rings is 1. The number of nitro groups is 2. The Bertz CT molecular complexity index is 1130. The summed E-state index contributed by atoms with van der Waals surface area (Å²) in [6, 6.07) is 5.12. The van der Waals surface area contributed by atoms with Crippen LogP contribution in [0.1, 0.15) is 5.56 Å². The van der Waals surface area contributed by atoms with Crippen molar-refractivity contribution in [3.63, 3.8) is 0 Å². The number of imidazole rings is 1. The largest absolute Gasteiger partial charge is 0.358 e. The summed E-state index contributed by atoms with van der Waals surface area (Å²) in [5.41, 5.74) is 0.204. The van der Waals surface area contributed by atoms with Gasteiger partial charge in [-0.1, -0.05) is 23.5 Å². The Morgan fingerprint density at radius 1 is 1.11 bits per heavy atom. The molecule has 0 radical (unpaired) electrons. The molecule has 14 heteroatoms. The SMILES string of the molecule is Cn1c([N+](=O)[O-])cnc1-c1nnc(S(=O)(=O)Cc2ccc([N+](=O)[O-])cc2)s1. The average Bonchev–Trinajstić information content (AvgIpc) is 3.21. The molecule has 140 valence electrons. The maximum Gasteiger partial charge on any atom is 0.342 e. The first-order chi connectivity index (χ1) is 12.7. The summed E-state index contributed by atoms with van der Waals surface area (Å²) in [7, 11) is -2.44. The zero-order chi connectivity index (χ0) is 19.8. The van der Waals surface area contributed by atoms with E-state index in [-0.39, 0.29) is 26.7 Å². The highest BCUT2D eigenvalue weighted by atomic mass is 32.2. The van der Waals surface area contributed by atoms with E-state index < -0.39 is 25.4 Å². The van der Waals surface area contributed by atoms with Crippen molar-refractivity contribution in [1.82, 2.24) is 19.7 Å². The van der Waals surface area contributed by atoms with Crippen LogP contribution in [-0.2, 0) is 22.6 Å². The molecule has 0 saturated carbocycles. The summed E-state index contributed by atoms with van der Waals surface area (Å²) in [4.78, 5) is 24.2. The molecule has 0 bridgehead atoms. The molecule has 0 spiro atoms. The molecule has 2 aromatic heterocycles. The molecular weight excluding hydrogens is 400 g/mol. The van der Waals surface area contributed by atoms with Crippen molar-refractivity contribution >= 4 is 32.7 Å². The molecule has 12 nitrogen and oxygen atoms in total. The summed E-state index contributed by atoms with van der Waals surface area (Å²) in [5, 5.41) is 29.1. The Kier molecular flexibility index (Phi) is 4.67. The standard InChI is InChI=1S/C13H10N6O6S2/c1-17-10(19(22)23)6-14-11(17)12-15-16-13(26-12)27(24,25)7-8-2-4-9(5-3-8)18(20)21/h2-6H,7H2,1H3. The lowest BCUT2D eigenvalue weighted by Crippen LogP contribution is -2.04. The van der Waals surface area contributed by atoms with Gasteiger partial charge in [0.1, 0.15) is 6.20 Å². The van der Waals surface area contributed by atoms with E-state index in [9.17, 15) is 28.6 Å². The number of rotatable bonds is 6. The minimum Gasteiger partial charge on any atom is -0.358 e. The van der Waals surface area contributed by atoms with E-state index in [1.54, 1.807) is 0 Å². The molecule has 0 unspecified atom stereocenters. The van der Waals surface area contributed by atoms with Crippen molar-refractivity contribution in [3.8, 4) is 10.8 Å². The van der Waals surface area contributed by atoms with Crippen LogP contribution in [-0.4, -0.2) is 38.0 Å². The fourth-order valence-electron chi connectivity index (χ4n) is 2.19. The van der Waals surface area contributed by atoms with E-state index in [0.29, 0.717) is 5.56 Å². The first kappa shape index (κ1) is 18.5. The van der Waals surface area contributed by atoms with Gasteiger partial charge < -0.3 is 10.1 Å². The molecule has 3 rings (SSSR count). The molecule has 0 saturated heterocycles. The first-order valence-corrected chi connectivity index (χ1v) is 9.62. The molecular formula is C13H10N6O6S2. The van der Waals surface area contributed by atoms with Crippen LogP contribution in [0.4, 0.5) is 11.5 Å². The van der Waals surface area contributed by atoms with E-state index in [1.807, 2.05) is 0 Å². The third-order valence-electron chi connectivity index (χ3n) is 3.52. The fraction of sp³-hybridized carbons (Fsp3) is 0.154. The minimum absolute atomic E-state index is 0.118. The lowest BCUT2D eigenvalue weighted by atomic mass is 10.2. The smallest absolute Gasteiger partial charge is 0.342 e. The Morgan fingerprint density at radius 2 is 1.78 bits per heavy atom. The molecule has 0 aliphatic heterocycles. The van der Waals surface area contributed by atoms with Crippen LogP contribution in [0.5, 0.6) is 0 Å². The monoisotopic (exact) mass is 410 g/mol. The maximum absolute atomic E-state index is 12.5. The second kappa shape index (κ2) is 6.81. The van der Waals surface area contributed by atoms with Crippen LogP contribution in [0.25, 0.3) is 10.8 Å². The number of nitrogens with zero attached hydrogens (tertiary/aromatic N) is 6. The van der Waals surface area contributed by atoms with Crippen LogP contribution in [0.15, 0.2) is 34.8 Å². The highest BCUT2D eigenvalue weighted by Crippen LogP contribution is 2.29. The Morgan fingerprint density at radius 3 is 2.33 bits per heavy atom. The highest BCUT2D eigenvalue weighted by molar-refractivity contribution is 7.92. The molecule has 0 fully saturated rings. The van der Waals surface area contributed by atoms with Crippen LogP contribution in [0, 0.1) is 20.2 Å². The summed E-state index contributed by atoms with van der Waals surface area (Å²) in [5.74, 6) is -0.563. The average molecular weight is 410 g/mol. The molecule has 3 aromatic rings. The Balaban J connectivity index is 1.86. The predicted octanol–water partition coefficient (Wildman–Crippen LogP) is 1.73. The van der Waals surface area contributed by atoms with Gasteiger partial charge in [-0.05, 0) is 10.5 Å². The van der Waals surface area contributed by atoms with E-state index in [0.717, 1.165) is 17.5 Å². The molecule has 0 amide bonds. The zero-order valence-corrected chi connectivity index (χ0v) is 15.2. The van der Waals surface area contributed by atoms with Gasteiger partial charge in [0.05, 0.1) is 17.7 Å². The van der Waals surface area contributed by atoms with Crippen molar-refractivity contribution in [1.29, 1.82) is 0 Å². The van der Waals surface area contributed by atoms with Crippen LogP contribution in [0.3, 0.4) is 0 Å². The van der Waals surface area contributed by atoms with Gasteiger partial charge in [0.2, 0.25) is 19.2 Å². The van der Waals surface area contributed by atoms with E-state index in [2.05, 4.69) is 15.2 Å². The lowest BCUT2D eigenvalue weighted by Gasteiger charge is -2.00. The molecule has 0 aliphatic carbocycles. The quantitative estimate of drug-likeness (QED) is 0.434. The van der Waals surface area contributed by atoms with Crippen LogP contribution in [0.2, 0.25) is 0 Å². The number of hydrogen-bond acceptors (Lipinski definition) is 10. The second-order valence-electron chi connectivity index (χ2n) is 5.31. The van der Waals surface area contributed by atoms with Crippen molar-refractivity contribution in [2.45, 2.75) is 10.1 Å². The normalized spacial score (nSPS) is 11.4. The molecule has 1 aromatic carbocycles. The lowest BCUT2D eigenvalue weighted by molar-refractivity contribution is -0.391. The third kappa shape index (κ3) is 3.65. The second-order valence-corrected chi connectivity index (χ2v) is 8.45. The van der Waals surface area contributed by atoms with E-state index in [1.165, 1.54) is 35.9 Å². The topological polar surface area (TPSA) is 164 Å².